The molecule has 1 aromatic heterocycles. The Balaban J connectivity index is 2.03. The van der Waals surface area contributed by atoms with Crippen LogP contribution >= 0.6 is 27.3 Å². The maximum atomic E-state index is 5.51. The molecule has 1 aromatic rings. The zero-order chi connectivity index (χ0) is 12.1. The van der Waals surface area contributed by atoms with Crippen molar-refractivity contribution in [1.29, 1.82) is 0 Å². The van der Waals surface area contributed by atoms with Crippen LogP contribution in [0.5, 0.6) is 0 Å². The Bertz CT molecular complexity index is 347. The van der Waals surface area contributed by atoms with Gasteiger partial charge in [-0.05, 0) is 53.2 Å². The molecule has 0 saturated carbocycles. The fraction of sp³-hybridized carbons (Fsp3) is 0.692. The molecule has 1 fully saturated rings. The van der Waals surface area contributed by atoms with Crippen LogP contribution in [0.1, 0.15) is 24.6 Å². The van der Waals surface area contributed by atoms with E-state index in [9.17, 15) is 0 Å². The predicted octanol–water partition coefficient (Wildman–Crippen LogP) is 3.46. The predicted molar refractivity (Wildman–Crippen MR) is 76.8 cm³/mol. The molecule has 0 aliphatic carbocycles. The quantitative estimate of drug-likeness (QED) is 0.898. The van der Waals surface area contributed by atoms with Gasteiger partial charge in [0.15, 0.2) is 0 Å². The van der Waals surface area contributed by atoms with Crippen molar-refractivity contribution in [2.75, 3.05) is 26.3 Å². The number of thiophene rings is 1. The van der Waals surface area contributed by atoms with E-state index in [2.05, 4.69) is 39.6 Å². The maximum Gasteiger partial charge on any atom is 0.0471 e. The number of ether oxygens (including phenoxy) is 1. The number of halogens is 1. The topological polar surface area (TPSA) is 21.3 Å². The number of hydrogen-bond acceptors (Lipinski definition) is 3. The summed E-state index contributed by atoms with van der Waals surface area (Å²) in [6, 6.07) is 2.26. The molecule has 2 rings (SSSR count). The normalized spacial score (nSPS) is 19.4. The van der Waals surface area contributed by atoms with Gasteiger partial charge in [-0.15, -0.1) is 11.3 Å². The first-order valence-electron chi connectivity index (χ1n) is 6.25. The largest absolute Gasteiger partial charge is 0.381 e. The average molecular weight is 318 g/mol. The molecule has 0 unspecified atom stereocenters. The van der Waals surface area contributed by atoms with Gasteiger partial charge in [0, 0.05) is 34.5 Å². The molecule has 0 radical (unpaired) electrons. The van der Waals surface area contributed by atoms with Crippen molar-refractivity contribution in [2.45, 2.75) is 26.2 Å². The molecule has 2 heterocycles. The molecular formula is C13H20BrNOS. The van der Waals surface area contributed by atoms with E-state index in [0.29, 0.717) is 5.41 Å². The van der Waals surface area contributed by atoms with Gasteiger partial charge in [0.2, 0.25) is 0 Å². The van der Waals surface area contributed by atoms with Gasteiger partial charge in [-0.25, -0.2) is 0 Å². The zero-order valence-electron chi connectivity index (χ0n) is 10.3. The number of hydrogen-bond donors (Lipinski definition) is 1. The SMILES string of the molecule is CCNCC1(Cc2cc(Br)cs2)CCOCC1. The highest BCUT2D eigenvalue weighted by Gasteiger charge is 2.32. The number of rotatable bonds is 5. The minimum atomic E-state index is 0.401. The maximum absolute atomic E-state index is 5.51. The molecular weight excluding hydrogens is 298 g/mol. The molecule has 0 spiro atoms. The van der Waals surface area contributed by atoms with Crippen molar-refractivity contribution in [3.05, 3.63) is 20.8 Å². The van der Waals surface area contributed by atoms with Crippen LogP contribution in [0.15, 0.2) is 15.9 Å². The number of nitrogens with one attached hydrogen (secondary N) is 1. The van der Waals surface area contributed by atoms with Crippen molar-refractivity contribution < 1.29 is 4.74 Å². The summed E-state index contributed by atoms with van der Waals surface area (Å²) in [5.41, 5.74) is 0.401. The third-order valence-corrected chi connectivity index (χ3v) is 5.17. The monoisotopic (exact) mass is 317 g/mol. The second-order valence-corrected chi connectivity index (χ2v) is 6.71. The molecule has 96 valence electrons. The average Bonchev–Trinajstić information content (AvgIpc) is 2.73. The first-order valence-corrected chi connectivity index (χ1v) is 7.93. The van der Waals surface area contributed by atoms with Crippen molar-refractivity contribution in [3.8, 4) is 0 Å². The van der Waals surface area contributed by atoms with Crippen LogP contribution in [0.4, 0.5) is 0 Å². The summed E-state index contributed by atoms with van der Waals surface area (Å²) in [6.45, 7) is 6.17. The van der Waals surface area contributed by atoms with Crippen LogP contribution < -0.4 is 5.32 Å². The van der Waals surface area contributed by atoms with E-state index in [-0.39, 0.29) is 0 Å². The van der Waals surface area contributed by atoms with Gasteiger partial charge in [0.05, 0.1) is 0 Å². The first kappa shape index (κ1) is 13.5. The van der Waals surface area contributed by atoms with Gasteiger partial charge in [0.25, 0.3) is 0 Å². The molecule has 0 amide bonds. The molecule has 1 aliphatic heterocycles. The minimum Gasteiger partial charge on any atom is -0.381 e. The molecule has 0 bridgehead atoms. The second kappa shape index (κ2) is 6.32. The molecule has 0 aromatic carbocycles. The lowest BCUT2D eigenvalue weighted by atomic mass is 9.77. The summed E-state index contributed by atoms with van der Waals surface area (Å²) >= 11 is 5.40. The summed E-state index contributed by atoms with van der Waals surface area (Å²) in [5, 5.41) is 5.70. The highest BCUT2D eigenvalue weighted by molar-refractivity contribution is 9.10. The van der Waals surface area contributed by atoms with Crippen molar-refractivity contribution in [1.82, 2.24) is 5.32 Å². The van der Waals surface area contributed by atoms with Gasteiger partial charge < -0.3 is 10.1 Å². The molecule has 1 saturated heterocycles. The Morgan fingerprint density at radius 1 is 1.47 bits per heavy atom. The van der Waals surface area contributed by atoms with Gasteiger partial charge in [-0.1, -0.05) is 6.92 Å². The smallest absolute Gasteiger partial charge is 0.0471 e. The van der Waals surface area contributed by atoms with E-state index in [4.69, 9.17) is 4.74 Å². The standard InChI is InChI=1S/C13H20BrNOS/c1-2-15-10-13(3-5-16-6-4-13)8-12-7-11(14)9-17-12/h7,9,15H,2-6,8,10H2,1H3. The van der Waals surface area contributed by atoms with E-state index < -0.39 is 0 Å². The summed E-state index contributed by atoms with van der Waals surface area (Å²) in [5.74, 6) is 0. The van der Waals surface area contributed by atoms with E-state index >= 15 is 0 Å². The van der Waals surface area contributed by atoms with Gasteiger partial charge in [0.1, 0.15) is 0 Å². The molecule has 2 nitrogen and oxygen atoms in total. The Labute approximate surface area is 116 Å². The van der Waals surface area contributed by atoms with E-state index in [0.717, 1.165) is 26.3 Å². The molecule has 0 atom stereocenters. The van der Waals surface area contributed by atoms with Crippen LogP contribution in [-0.4, -0.2) is 26.3 Å². The summed E-state index contributed by atoms with van der Waals surface area (Å²) < 4.78 is 6.73. The van der Waals surface area contributed by atoms with Crippen molar-refractivity contribution >= 4 is 27.3 Å². The fourth-order valence-electron chi connectivity index (χ4n) is 2.43. The van der Waals surface area contributed by atoms with E-state index in [1.54, 1.807) is 0 Å². The Morgan fingerprint density at radius 2 is 2.24 bits per heavy atom. The van der Waals surface area contributed by atoms with Gasteiger partial charge in [-0.2, -0.15) is 0 Å². The summed E-state index contributed by atoms with van der Waals surface area (Å²) in [7, 11) is 0. The second-order valence-electron chi connectivity index (χ2n) is 4.80. The fourth-order valence-corrected chi connectivity index (χ4v) is 4.05. The van der Waals surface area contributed by atoms with Crippen LogP contribution in [-0.2, 0) is 11.2 Å². The van der Waals surface area contributed by atoms with Crippen LogP contribution in [0.3, 0.4) is 0 Å². The third-order valence-electron chi connectivity index (χ3n) is 3.47. The van der Waals surface area contributed by atoms with E-state index in [1.165, 1.54) is 28.6 Å². The van der Waals surface area contributed by atoms with Gasteiger partial charge in [-0.3, -0.25) is 0 Å². The van der Waals surface area contributed by atoms with Crippen molar-refractivity contribution in [2.24, 2.45) is 5.41 Å². The minimum absolute atomic E-state index is 0.401. The van der Waals surface area contributed by atoms with Crippen LogP contribution in [0.25, 0.3) is 0 Å². The Morgan fingerprint density at radius 3 is 2.82 bits per heavy atom. The van der Waals surface area contributed by atoms with Crippen LogP contribution in [0, 0.1) is 5.41 Å². The van der Waals surface area contributed by atoms with Crippen LogP contribution in [0.2, 0.25) is 0 Å². The molecule has 1 N–H and O–H groups in total. The van der Waals surface area contributed by atoms with Gasteiger partial charge >= 0.3 is 0 Å². The lowest BCUT2D eigenvalue weighted by Crippen LogP contribution is -2.40. The van der Waals surface area contributed by atoms with Crippen molar-refractivity contribution in [3.63, 3.8) is 0 Å². The Kier molecular flexibility index (Phi) is 5.03. The highest BCUT2D eigenvalue weighted by atomic mass is 79.9. The molecule has 1 aliphatic rings. The third kappa shape index (κ3) is 3.78. The lowest BCUT2D eigenvalue weighted by molar-refractivity contribution is 0.0155. The first-order chi connectivity index (χ1) is 8.24. The Hall–Kier alpha value is 0.1000. The zero-order valence-corrected chi connectivity index (χ0v) is 12.7. The summed E-state index contributed by atoms with van der Waals surface area (Å²) in [6.07, 6.45) is 3.53. The summed E-state index contributed by atoms with van der Waals surface area (Å²) in [4.78, 5) is 1.48. The lowest BCUT2D eigenvalue weighted by Gasteiger charge is -2.37. The highest BCUT2D eigenvalue weighted by Crippen LogP contribution is 2.36. The molecule has 17 heavy (non-hydrogen) atoms. The van der Waals surface area contributed by atoms with E-state index in [1.807, 2.05) is 11.3 Å². The molecule has 4 heteroatoms.